The third-order valence-electron chi connectivity index (χ3n) is 5.24. The van der Waals surface area contributed by atoms with E-state index < -0.39 is 6.09 Å². The van der Waals surface area contributed by atoms with Crippen molar-refractivity contribution >= 4 is 38.7 Å². The lowest BCUT2D eigenvalue weighted by Crippen LogP contribution is -2.33. The Hall–Kier alpha value is -3.32. The zero-order valence-corrected chi connectivity index (χ0v) is 17.0. The normalized spacial score (nSPS) is 11.6. The number of pyridine rings is 1. The number of likely N-dealkylation sites (N-methyl/N-ethyl adjacent to an activating group) is 1. The highest BCUT2D eigenvalue weighted by Gasteiger charge is 2.17. The summed E-state index contributed by atoms with van der Waals surface area (Å²) in [5.41, 5.74) is 3.16. The molecule has 0 aliphatic rings. The van der Waals surface area contributed by atoms with Crippen LogP contribution in [-0.4, -0.2) is 52.8 Å². The van der Waals surface area contributed by atoms with E-state index in [1.165, 1.54) is 0 Å². The summed E-state index contributed by atoms with van der Waals surface area (Å²) in [6.45, 7) is 3.25. The van der Waals surface area contributed by atoms with Crippen LogP contribution in [0.4, 0.5) is 4.79 Å². The number of phenols is 1. The molecule has 0 bridgehead atoms. The van der Waals surface area contributed by atoms with Crippen LogP contribution in [0.5, 0.6) is 11.6 Å². The monoisotopic (exact) mass is 392 g/mol. The first kappa shape index (κ1) is 19.0. The van der Waals surface area contributed by atoms with E-state index in [9.17, 15) is 9.90 Å². The lowest BCUT2D eigenvalue weighted by molar-refractivity contribution is 0.198. The van der Waals surface area contributed by atoms with Crippen molar-refractivity contribution in [3.8, 4) is 11.6 Å². The van der Waals surface area contributed by atoms with Gasteiger partial charge in [-0.2, -0.15) is 0 Å². The molecule has 0 atom stereocenters. The maximum absolute atomic E-state index is 12.2. The van der Waals surface area contributed by atoms with Crippen LogP contribution in [0.15, 0.2) is 36.5 Å². The summed E-state index contributed by atoms with van der Waals surface area (Å²) in [5.74, 6) is 0.484. The third kappa shape index (κ3) is 3.34. The predicted molar refractivity (Wildman–Crippen MR) is 115 cm³/mol. The third-order valence-corrected chi connectivity index (χ3v) is 5.24. The maximum atomic E-state index is 12.2. The van der Waals surface area contributed by atoms with Crippen molar-refractivity contribution in [3.05, 3.63) is 42.1 Å². The number of carbonyl (C=O) groups is 1. The van der Waals surface area contributed by atoms with Gasteiger partial charge in [-0.25, -0.2) is 9.78 Å². The van der Waals surface area contributed by atoms with Gasteiger partial charge in [-0.3, -0.25) is 0 Å². The van der Waals surface area contributed by atoms with Gasteiger partial charge in [0.2, 0.25) is 5.88 Å². The number of hydrogen-bond acceptors (Lipinski definition) is 5. The Kier molecular flexibility index (Phi) is 4.76. The molecule has 0 saturated carbocycles. The molecule has 2 aromatic carbocycles. The van der Waals surface area contributed by atoms with E-state index in [2.05, 4.69) is 14.9 Å². The second-order valence-electron chi connectivity index (χ2n) is 7.49. The lowest BCUT2D eigenvalue weighted by atomic mass is 10.0. The Bertz CT molecular complexity index is 1240. The summed E-state index contributed by atoms with van der Waals surface area (Å²) in [4.78, 5) is 18.5. The first-order chi connectivity index (χ1) is 13.9. The fourth-order valence-electron chi connectivity index (χ4n) is 3.84. The van der Waals surface area contributed by atoms with E-state index in [0.29, 0.717) is 6.54 Å². The second kappa shape index (κ2) is 7.25. The van der Waals surface area contributed by atoms with E-state index in [-0.39, 0.29) is 11.6 Å². The Morgan fingerprint density at radius 1 is 1.17 bits per heavy atom. The van der Waals surface area contributed by atoms with Crippen LogP contribution in [0.25, 0.3) is 32.6 Å². The molecule has 4 aromatic rings. The molecule has 29 heavy (non-hydrogen) atoms. The minimum Gasteiger partial charge on any atom is -0.508 e. The van der Waals surface area contributed by atoms with Gasteiger partial charge in [-0.1, -0.05) is 0 Å². The largest absolute Gasteiger partial charge is 0.508 e. The molecule has 2 heterocycles. The summed E-state index contributed by atoms with van der Waals surface area (Å²) >= 11 is 0. The Morgan fingerprint density at radius 3 is 2.72 bits per heavy atom. The van der Waals surface area contributed by atoms with Crippen LogP contribution in [0.3, 0.4) is 0 Å². The summed E-state index contributed by atoms with van der Waals surface area (Å²) < 4.78 is 7.64. The second-order valence-corrected chi connectivity index (χ2v) is 7.49. The first-order valence-corrected chi connectivity index (χ1v) is 9.46. The van der Waals surface area contributed by atoms with Gasteiger partial charge in [-0.05, 0) is 62.3 Å². The van der Waals surface area contributed by atoms with E-state index in [1.807, 2.05) is 51.2 Å². The quantitative estimate of drug-likeness (QED) is 0.555. The number of aromatic nitrogens is 2. The number of phenolic OH excluding ortho intramolecular Hbond substituents is 1. The molecule has 0 radical (unpaired) electrons. The number of hydrogen-bond donors (Lipinski definition) is 2. The summed E-state index contributed by atoms with van der Waals surface area (Å²) in [7, 11) is 5.89. The molecule has 7 heteroatoms. The van der Waals surface area contributed by atoms with Gasteiger partial charge in [0.1, 0.15) is 5.75 Å². The fourth-order valence-corrected chi connectivity index (χ4v) is 3.84. The Balaban J connectivity index is 1.83. The lowest BCUT2D eigenvalue weighted by Gasteiger charge is -2.12. The van der Waals surface area contributed by atoms with Gasteiger partial charge >= 0.3 is 6.09 Å². The maximum Gasteiger partial charge on any atom is 0.414 e. The number of benzene rings is 2. The van der Waals surface area contributed by atoms with E-state index in [4.69, 9.17) is 4.74 Å². The molecule has 0 spiro atoms. The van der Waals surface area contributed by atoms with Gasteiger partial charge in [-0.15, -0.1) is 0 Å². The first-order valence-electron chi connectivity index (χ1n) is 9.46. The highest BCUT2D eigenvalue weighted by molar-refractivity contribution is 6.15. The average molecular weight is 392 g/mol. The van der Waals surface area contributed by atoms with Crippen molar-refractivity contribution in [2.75, 3.05) is 27.2 Å². The number of rotatable bonds is 4. The highest BCUT2D eigenvalue weighted by atomic mass is 16.6. The van der Waals surface area contributed by atoms with E-state index >= 15 is 0 Å². The molecular formula is C22H24N4O3. The van der Waals surface area contributed by atoms with Crippen LogP contribution in [0.1, 0.15) is 5.56 Å². The van der Waals surface area contributed by atoms with Crippen LogP contribution in [0.2, 0.25) is 0 Å². The molecule has 0 aliphatic heterocycles. The zero-order chi connectivity index (χ0) is 20.7. The zero-order valence-electron chi connectivity index (χ0n) is 17.0. The standard InChI is InChI=1S/C22H24N4O3/c1-13-15-7-8-23-21(29-22(28)24-9-10-25(2)3)18(15)12-17-16-11-14(27)5-6-19(16)26(4)20(13)17/h5-8,11-12,27H,9-10H2,1-4H3,(H,24,28). The number of aryl methyl sites for hydroxylation is 2. The molecule has 150 valence electrons. The van der Waals surface area contributed by atoms with Crippen molar-refractivity contribution in [1.29, 1.82) is 0 Å². The molecule has 0 fully saturated rings. The fraction of sp³-hybridized carbons (Fsp3) is 0.273. The molecule has 0 saturated heterocycles. The minimum absolute atomic E-state index is 0.214. The molecule has 1 amide bonds. The summed E-state index contributed by atoms with van der Waals surface area (Å²) in [5, 5.41) is 16.4. The SMILES string of the molecule is Cc1c2ccnc(OC(=O)NCCN(C)C)c2cc2c3cc(O)ccc3n(C)c12. The number of fused-ring (bicyclic) bond motifs is 4. The molecule has 0 unspecified atom stereocenters. The summed E-state index contributed by atoms with van der Waals surface area (Å²) in [6, 6.07) is 9.26. The van der Waals surface area contributed by atoms with Crippen molar-refractivity contribution in [1.82, 2.24) is 19.8 Å². The van der Waals surface area contributed by atoms with Crippen molar-refractivity contribution in [3.63, 3.8) is 0 Å². The van der Waals surface area contributed by atoms with Crippen LogP contribution >= 0.6 is 0 Å². The van der Waals surface area contributed by atoms with E-state index in [0.717, 1.165) is 44.7 Å². The van der Waals surface area contributed by atoms with Crippen LogP contribution < -0.4 is 10.1 Å². The average Bonchev–Trinajstić information content (AvgIpc) is 2.94. The molecule has 4 rings (SSSR count). The molecule has 0 aliphatic carbocycles. The van der Waals surface area contributed by atoms with Gasteiger partial charge < -0.3 is 24.6 Å². The van der Waals surface area contributed by atoms with Crippen LogP contribution in [-0.2, 0) is 7.05 Å². The Morgan fingerprint density at radius 2 is 1.97 bits per heavy atom. The highest BCUT2D eigenvalue weighted by Crippen LogP contribution is 2.38. The van der Waals surface area contributed by atoms with Gasteiger partial charge in [0.25, 0.3) is 0 Å². The molecule has 2 N–H and O–H groups in total. The van der Waals surface area contributed by atoms with Crippen molar-refractivity contribution < 1.29 is 14.6 Å². The summed E-state index contributed by atoms with van der Waals surface area (Å²) in [6.07, 6.45) is 1.12. The Labute approximate surface area is 168 Å². The number of carbonyl (C=O) groups excluding carboxylic acids is 1. The van der Waals surface area contributed by atoms with Gasteiger partial charge in [0.15, 0.2) is 0 Å². The van der Waals surface area contributed by atoms with Gasteiger partial charge in [0.05, 0.1) is 5.52 Å². The number of nitrogens with one attached hydrogen (secondary N) is 1. The molecule has 2 aromatic heterocycles. The van der Waals surface area contributed by atoms with Gasteiger partial charge in [0, 0.05) is 48.0 Å². The van der Waals surface area contributed by atoms with Crippen LogP contribution in [0, 0.1) is 6.92 Å². The smallest absolute Gasteiger partial charge is 0.414 e. The molecular weight excluding hydrogens is 368 g/mol. The minimum atomic E-state index is -0.528. The van der Waals surface area contributed by atoms with Crippen molar-refractivity contribution in [2.45, 2.75) is 6.92 Å². The number of nitrogens with zero attached hydrogens (tertiary/aromatic N) is 3. The number of amides is 1. The number of ether oxygens (including phenoxy) is 1. The predicted octanol–water partition coefficient (Wildman–Crippen LogP) is 3.54. The molecule has 7 nitrogen and oxygen atoms in total. The topological polar surface area (TPSA) is 79.6 Å². The van der Waals surface area contributed by atoms with Crippen molar-refractivity contribution in [2.24, 2.45) is 7.05 Å². The van der Waals surface area contributed by atoms with E-state index in [1.54, 1.807) is 18.3 Å². The number of aromatic hydroxyl groups is 1.